The van der Waals surface area contributed by atoms with Crippen molar-refractivity contribution in [1.82, 2.24) is 10.2 Å². The summed E-state index contributed by atoms with van der Waals surface area (Å²) >= 11 is 1.37. The van der Waals surface area contributed by atoms with E-state index in [1.165, 1.54) is 35.3 Å². The third-order valence-corrected chi connectivity index (χ3v) is 7.47. The molecule has 1 aliphatic carbocycles. The molecule has 1 atom stereocenters. The molecule has 4 rings (SSSR count). The van der Waals surface area contributed by atoms with Crippen molar-refractivity contribution in [3.05, 3.63) is 75.2 Å². The Kier molecular flexibility index (Phi) is 6.08. The summed E-state index contributed by atoms with van der Waals surface area (Å²) in [5.74, 6) is -0.401. The number of hydrogen-bond acceptors (Lipinski definition) is 5. The second-order valence-electron chi connectivity index (χ2n) is 9.93. The highest BCUT2D eigenvalue weighted by atomic mass is 32.1. The molecule has 0 spiro atoms. The van der Waals surface area contributed by atoms with Crippen molar-refractivity contribution in [2.75, 3.05) is 0 Å². The van der Waals surface area contributed by atoms with E-state index in [-0.39, 0.29) is 23.2 Å². The first-order valence-corrected chi connectivity index (χ1v) is 11.9. The van der Waals surface area contributed by atoms with Gasteiger partial charge < -0.3 is 9.84 Å². The lowest BCUT2D eigenvalue weighted by atomic mass is 9.63. The SMILES string of the molecule is CC1(C)CCC(C)(C)c2cc(COc3ccc([C@H](CC(=O)O)c4nncs4)cc3)ccc21. The first-order chi connectivity index (χ1) is 15.2. The van der Waals surface area contributed by atoms with Gasteiger partial charge in [0.2, 0.25) is 0 Å². The number of aliphatic carboxylic acids is 1. The van der Waals surface area contributed by atoms with Crippen molar-refractivity contribution < 1.29 is 14.6 Å². The number of nitrogens with zero attached hydrogens (tertiary/aromatic N) is 2. The van der Waals surface area contributed by atoms with Crippen LogP contribution in [0.3, 0.4) is 0 Å². The molecule has 0 amide bonds. The standard InChI is InChI=1S/C26H30N2O3S/c1-25(2)11-12-26(3,4)22-13-17(5-10-21(22)25)15-31-19-8-6-18(7-9-19)20(14-23(29)30)24-28-27-16-32-24/h5-10,13,16,20H,11-12,14-15H2,1-4H3,(H,29,30)/t20-/m0/s1. The molecule has 0 bridgehead atoms. The van der Waals surface area contributed by atoms with Crippen LogP contribution in [0.25, 0.3) is 0 Å². The summed E-state index contributed by atoms with van der Waals surface area (Å²) in [4.78, 5) is 11.3. The Labute approximate surface area is 193 Å². The summed E-state index contributed by atoms with van der Waals surface area (Å²) in [6, 6.07) is 14.4. The minimum absolute atomic E-state index is 0.0172. The molecule has 1 aromatic heterocycles. The van der Waals surface area contributed by atoms with Crippen molar-refractivity contribution >= 4 is 17.3 Å². The van der Waals surface area contributed by atoms with Gasteiger partial charge in [0.05, 0.1) is 6.42 Å². The highest BCUT2D eigenvalue weighted by molar-refractivity contribution is 7.09. The Morgan fingerprint density at radius 1 is 1.06 bits per heavy atom. The molecular formula is C26H30N2O3S. The Morgan fingerprint density at radius 2 is 1.75 bits per heavy atom. The lowest BCUT2D eigenvalue weighted by molar-refractivity contribution is -0.137. The van der Waals surface area contributed by atoms with E-state index in [0.29, 0.717) is 11.6 Å². The summed E-state index contributed by atoms with van der Waals surface area (Å²) in [6.07, 6.45) is 2.37. The fraction of sp³-hybridized carbons (Fsp3) is 0.423. The predicted octanol–water partition coefficient (Wildman–Crippen LogP) is 6.07. The minimum Gasteiger partial charge on any atom is -0.489 e. The molecule has 1 aliphatic rings. The molecule has 1 heterocycles. The van der Waals surface area contributed by atoms with Gasteiger partial charge in [-0.05, 0) is 58.1 Å². The van der Waals surface area contributed by atoms with E-state index in [1.54, 1.807) is 5.51 Å². The van der Waals surface area contributed by atoms with Gasteiger partial charge in [-0.2, -0.15) is 0 Å². The number of carboxylic acid groups (broad SMARTS) is 1. The van der Waals surface area contributed by atoms with E-state index in [0.717, 1.165) is 16.9 Å². The monoisotopic (exact) mass is 450 g/mol. The quantitative estimate of drug-likeness (QED) is 0.473. The second kappa shape index (κ2) is 8.66. The third-order valence-electron chi connectivity index (χ3n) is 6.66. The number of fused-ring (bicyclic) bond motifs is 1. The number of carboxylic acids is 1. The van der Waals surface area contributed by atoms with Crippen molar-refractivity contribution in [3.8, 4) is 5.75 Å². The number of aromatic nitrogens is 2. The lowest BCUT2D eigenvalue weighted by Crippen LogP contribution is -2.33. The van der Waals surface area contributed by atoms with E-state index in [1.807, 2.05) is 24.3 Å². The Bertz CT molecular complexity index is 1090. The molecule has 32 heavy (non-hydrogen) atoms. The summed E-state index contributed by atoms with van der Waals surface area (Å²) in [5.41, 5.74) is 6.95. The fourth-order valence-corrected chi connectivity index (χ4v) is 5.22. The van der Waals surface area contributed by atoms with Crippen molar-refractivity contribution in [2.24, 2.45) is 0 Å². The zero-order valence-corrected chi connectivity index (χ0v) is 19.9. The topological polar surface area (TPSA) is 72.3 Å². The number of ether oxygens (including phenoxy) is 1. The van der Waals surface area contributed by atoms with Crippen molar-refractivity contribution in [3.63, 3.8) is 0 Å². The molecule has 1 N–H and O–H groups in total. The average molecular weight is 451 g/mol. The van der Waals surface area contributed by atoms with Crippen LogP contribution in [0.15, 0.2) is 48.0 Å². The van der Waals surface area contributed by atoms with E-state index in [9.17, 15) is 9.90 Å². The van der Waals surface area contributed by atoms with Gasteiger partial charge in [0.15, 0.2) is 0 Å². The molecule has 168 valence electrons. The second-order valence-corrected chi connectivity index (χ2v) is 10.8. The molecule has 0 unspecified atom stereocenters. The van der Waals surface area contributed by atoms with Crippen LogP contribution < -0.4 is 4.74 Å². The maximum Gasteiger partial charge on any atom is 0.304 e. The zero-order valence-electron chi connectivity index (χ0n) is 19.1. The van der Waals surface area contributed by atoms with Crippen LogP contribution in [0, 0.1) is 0 Å². The number of benzene rings is 2. The molecule has 2 aromatic carbocycles. The lowest BCUT2D eigenvalue weighted by Gasteiger charge is -2.42. The fourth-order valence-electron chi connectivity index (χ4n) is 4.54. The minimum atomic E-state index is -0.857. The van der Waals surface area contributed by atoms with Crippen LogP contribution in [-0.2, 0) is 22.2 Å². The van der Waals surface area contributed by atoms with Crippen LogP contribution in [0.2, 0.25) is 0 Å². The molecule has 0 radical (unpaired) electrons. The van der Waals surface area contributed by atoms with Gasteiger partial charge in [0.25, 0.3) is 0 Å². The van der Waals surface area contributed by atoms with Crippen LogP contribution in [0.4, 0.5) is 0 Å². The highest BCUT2D eigenvalue weighted by Gasteiger charge is 2.36. The number of hydrogen-bond donors (Lipinski definition) is 1. The van der Waals surface area contributed by atoms with Gasteiger partial charge in [-0.25, -0.2) is 0 Å². The molecule has 3 aromatic rings. The van der Waals surface area contributed by atoms with Gasteiger partial charge in [-0.1, -0.05) is 58.0 Å². The van der Waals surface area contributed by atoms with Gasteiger partial charge >= 0.3 is 5.97 Å². The van der Waals surface area contributed by atoms with Crippen molar-refractivity contribution in [1.29, 1.82) is 0 Å². The molecule has 0 saturated carbocycles. The Morgan fingerprint density at radius 3 is 2.38 bits per heavy atom. The van der Waals surface area contributed by atoms with Gasteiger partial charge in [-0.15, -0.1) is 21.5 Å². The molecule has 0 aliphatic heterocycles. The van der Waals surface area contributed by atoms with Crippen LogP contribution >= 0.6 is 11.3 Å². The molecule has 0 fully saturated rings. The largest absolute Gasteiger partial charge is 0.489 e. The summed E-state index contributed by atoms with van der Waals surface area (Å²) in [6.45, 7) is 9.82. The normalized spacial score (nSPS) is 17.4. The molecular weight excluding hydrogens is 420 g/mol. The maximum absolute atomic E-state index is 11.3. The van der Waals surface area contributed by atoms with E-state index < -0.39 is 5.97 Å². The van der Waals surface area contributed by atoms with Gasteiger partial charge in [0.1, 0.15) is 22.9 Å². The first-order valence-electron chi connectivity index (χ1n) is 11.0. The van der Waals surface area contributed by atoms with Crippen LogP contribution in [-0.4, -0.2) is 21.3 Å². The summed E-state index contributed by atoms with van der Waals surface area (Å²) in [7, 11) is 0. The van der Waals surface area contributed by atoms with Gasteiger partial charge in [0, 0.05) is 5.92 Å². The average Bonchev–Trinajstić information content (AvgIpc) is 3.29. The maximum atomic E-state index is 11.3. The Balaban J connectivity index is 1.49. The molecule has 5 nitrogen and oxygen atoms in total. The van der Waals surface area contributed by atoms with Gasteiger partial charge in [-0.3, -0.25) is 4.79 Å². The first kappa shape index (κ1) is 22.5. The summed E-state index contributed by atoms with van der Waals surface area (Å²) < 4.78 is 6.07. The number of rotatable bonds is 7. The van der Waals surface area contributed by atoms with E-state index in [2.05, 4.69) is 56.1 Å². The molecule has 6 heteroatoms. The summed E-state index contributed by atoms with van der Waals surface area (Å²) in [5, 5.41) is 17.9. The Hall–Kier alpha value is -2.73. The van der Waals surface area contributed by atoms with Crippen molar-refractivity contribution in [2.45, 2.75) is 70.3 Å². The van der Waals surface area contributed by atoms with Crippen LogP contribution in [0.1, 0.15) is 80.1 Å². The predicted molar refractivity (Wildman–Crippen MR) is 127 cm³/mol. The molecule has 0 saturated heterocycles. The van der Waals surface area contributed by atoms with E-state index >= 15 is 0 Å². The third kappa shape index (κ3) is 4.70. The highest BCUT2D eigenvalue weighted by Crippen LogP contribution is 2.46. The van der Waals surface area contributed by atoms with E-state index in [4.69, 9.17) is 4.74 Å². The zero-order chi connectivity index (χ0) is 22.9. The smallest absolute Gasteiger partial charge is 0.304 e. The number of carbonyl (C=O) groups is 1. The van der Waals surface area contributed by atoms with Crippen LogP contribution in [0.5, 0.6) is 5.75 Å².